The molecule has 19 heavy (non-hydrogen) atoms. The molecule has 3 nitrogen and oxygen atoms in total. The van der Waals surface area contributed by atoms with E-state index in [1.807, 2.05) is 48.5 Å². The van der Waals surface area contributed by atoms with Gasteiger partial charge in [-0.2, -0.15) is 0 Å². The highest BCUT2D eigenvalue weighted by Gasteiger charge is 2.09. The van der Waals surface area contributed by atoms with E-state index in [-0.39, 0.29) is 12.1 Å². The van der Waals surface area contributed by atoms with Crippen molar-refractivity contribution in [2.75, 3.05) is 6.54 Å². The van der Waals surface area contributed by atoms with E-state index in [1.54, 1.807) is 6.20 Å². The van der Waals surface area contributed by atoms with Gasteiger partial charge in [-0.25, -0.2) is 0 Å². The summed E-state index contributed by atoms with van der Waals surface area (Å²) in [6.45, 7) is 2.62. The third-order valence-electron chi connectivity index (χ3n) is 3.11. The normalized spacial score (nSPS) is 14.0. The molecule has 1 heterocycles. The molecule has 0 radical (unpaired) electrons. The van der Waals surface area contributed by atoms with Crippen molar-refractivity contribution in [1.29, 1.82) is 0 Å². The molecule has 2 unspecified atom stereocenters. The van der Waals surface area contributed by atoms with E-state index >= 15 is 0 Å². The molecule has 100 valence electrons. The number of pyridine rings is 1. The molecule has 0 saturated heterocycles. The average molecular weight is 256 g/mol. The summed E-state index contributed by atoms with van der Waals surface area (Å²) in [5, 5.41) is 13.3. The molecule has 0 saturated carbocycles. The highest BCUT2D eigenvalue weighted by Crippen LogP contribution is 2.08. The topological polar surface area (TPSA) is 45.1 Å². The quantitative estimate of drug-likeness (QED) is 0.834. The van der Waals surface area contributed by atoms with E-state index in [9.17, 15) is 5.11 Å². The van der Waals surface area contributed by atoms with E-state index in [0.717, 1.165) is 11.3 Å². The number of aromatic nitrogens is 1. The van der Waals surface area contributed by atoms with Crippen LogP contribution in [0.2, 0.25) is 0 Å². The first-order valence-electron chi connectivity index (χ1n) is 6.62. The predicted octanol–water partition coefficient (Wildman–Crippen LogP) is 2.34. The van der Waals surface area contributed by atoms with E-state index in [1.165, 1.54) is 0 Å². The van der Waals surface area contributed by atoms with Crippen LogP contribution >= 0.6 is 0 Å². The van der Waals surface area contributed by atoms with E-state index in [0.29, 0.717) is 13.0 Å². The van der Waals surface area contributed by atoms with Gasteiger partial charge >= 0.3 is 0 Å². The number of nitrogens with one attached hydrogen (secondary N) is 1. The molecule has 2 rings (SSSR count). The molecule has 3 heteroatoms. The second kappa shape index (κ2) is 7.02. The van der Waals surface area contributed by atoms with Gasteiger partial charge in [0.2, 0.25) is 0 Å². The summed E-state index contributed by atoms with van der Waals surface area (Å²) in [4.78, 5) is 4.30. The van der Waals surface area contributed by atoms with Crippen LogP contribution in [-0.4, -0.2) is 22.7 Å². The first kappa shape index (κ1) is 13.7. The van der Waals surface area contributed by atoms with Gasteiger partial charge in [0.15, 0.2) is 0 Å². The maximum absolute atomic E-state index is 10.0. The smallest absolute Gasteiger partial charge is 0.0705 e. The molecule has 0 bridgehead atoms. The lowest BCUT2D eigenvalue weighted by Gasteiger charge is -2.16. The molecule has 2 aromatic rings. The molecule has 2 atom stereocenters. The van der Waals surface area contributed by atoms with Crippen molar-refractivity contribution in [3.8, 4) is 0 Å². The minimum absolute atomic E-state index is 0.145. The third-order valence-corrected chi connectivity index (χ3v) is 3.11. The number of hydrogen-bond acceptors (Lipinski definition) is 3. The van der Waals surface area contributed by atoms with Crippen molar-refractivity contribution in [2.45, 2.75) is 25.5 Å². The van der Waals surface area contributed by atoms with Crippen LogP contribution in [0.4, 0.5) is 0 Å². The summed E-state index contributed by atoms with van der Waals surface area (Å²) in [7, 11) is 0. The van der Waals surface area contributed by atoms with Crippen molar-refractivity contribution in [3.63, 3.8) is 0 Å². The minimum Gasteiger partial charge on any atom is -0.391 e. The Morgan fingerprint density at radius 2 is 1.84 bits per heavy atom. The van der Waals surface area contributed by atoms with Gasteiger partial charge in [0, 0.05) is 18.8 Å². The molecule has 0 amide bonds. The first-order chi connectivity index (χ1) is 9.25. The Morgan fingerprint density at radius 1 is 1.11 bits per heavy atom. The van der Waals surface area contributed by atoms with Gasteiger partial charge in [0.05, 0.1) is 11.8 Å². The zero-order valence-corrected chi connectivity index (χ0v) is 11.2. The molecular formula is C16H20N2O. The second-order valence-electron chi connectivity index (χ2n) is 4.73. The highest BCUT2D eigenvalue weighted by atomic mass is 16.3. The van der Waals surface area contributed by atoms with Crippen molar-refractivity contribution in [1.82, 2.24) is 10.3 Å². The maximum Gasteiger partial charge on any atom is 0.0705 e. The van der Waals surface area contributed by atoms with E-state index in [2.05, 4.69) is 17.2 Å². The zero-order valence-electron chi connectivity index (χ0n) is 11.2. The molecule has 0 fully saturated rings. The maximum atomic E-state index is 10.0. The monoisotopic (exact) mass is 256 g/mol. The van der Waals surface area contributed by atoms with Gasteiger partial charge in [-0.1, -0.05) is 36.4 Å². The average Bonchev–Trinajstić information content (AvgIpc) is 2.47. The predicted molar refractivity (Wildman–Crippen MR) is 76.8 cm³/mol. The van der Waals surface area contributed by atoms with Crippen molar-refractivity contribution in [3.05, 3.63) is 66.0 Å². The number of rotatable bonds is 6. The Morgan fingerprint density at radius 3 is 2.53 bits per heavy atom. The van der Waals surface area contributed by atoms with Gasteiger partial charge in [-0.05, 0) is 31.0 Å². The van der Waals surface area contributed by atoms with Crippen LogP contribution in [0.15, 0.2) is 54.7 Å². The van der Waals surface area contributed by atoms with Crippen LogP contribution < -0.4 is 5.32 Å². The molecule has 2 N–H and O–H groups in total. The fraction of sp³-hybridized carbons (Fsp3) is 0.312. The molecule has 0 aliphatic carbocycles. The van der Waals surface area contributed by atoms with Gasteiger partial charge in [0.25, 0.3) is 0 Å². The summed E-state index contributed by atoms with van der Waals surface area (Å²) in [5.74, 6) is 0. The molecular weight excluding hydrogens is 236 g/mol. The minimum atomic E-state index is -0.381. The molecule has 1 aromatic heterocycles. The molecule has 0 aliphatic heterocycles. The summed E-state index contributed by atoms with van der Waals surface area (Å²) in [5.41, 5.74) is 2.15. The van der Waals surface area contributed by atoms with Crippen molar-refractivity contribution < 1.29 is 5.11 Å². The largest absolute Gasteiger partial charge is 0.391 e. The summed E-state index contributed by atoms with van der Waals surface area (Å²) >= 11 is 0. The third kappa shape index (κ3) is 4.47. The lowest BCUT2D eigenvalue weighted by atomic mass is 10.1. The fourth-order valence-corrected chi connectivity index (χ4v) is 2.01. The van der Waals surface area contributed by atoms with Gasteiger partial charge in [0.1, 0.15) is 0 Å². The standard InChI is InChI=1S/C16H20N2O/c1-13(16-9-5-6-10-17-16)18-12-15(19)11-14-7-3-2-4-8-14/h2-10,13,15,18-19H,11-12H2,1H3. The second-order valence-corrected chi connectivity index (χ2v) is 4.73. The van der Waals surface area contributed by atoms with Crippen LogP contribution in [0.3, 0.4) is 0 Å². The number of hydrogen-bond donors (Lipinski definition) is 2. The van der Waals surface area contributed by atoms with Gasteiger partial charge in [-0.15, -0.1) is 0 Å². The number of nitrogens with zero attached hydrogens (tertiary/aromatic N) is 1. The Kier molecular flexibility index (Phi) is 5.07. The SMILES string of the molecule is CC(NCC(O)Cc1ccccc1)c1ccccn1. The van der Waals surface area contributed by atoms with Crippen LogP contribution in [0.1, 0.15) is 24.2 Å². The Labute approximate surface area is 114 Å². The summed E-state index contributed by atoms with van der Waals surface area (Å²) < 4.78 is 0. The van der Waals surface area contributed by atoms with Gasteiger partial charge in [-0.3, -0.25) is 4.98 Å². The first-order valence-corrected chi connectivity index (χ1v) is 6.62. The Hall–Kier alpha value is -1.71. The van der Waals surface area contributed by atoms with Crippen molar-refractivity contribution in [2.24, 2.45) is 0 Å². The van der Waals surface area contributed by atoms with Crippen LogP contribution in [0.25, 0.3) is 0 Å². The van der Waals surface area contributed by atoms with Gasteiger partial charge < -0.3 is 10.4 Å². The van der Waals surface area contributed by atoms with Crippen molar-refractivity contribution >= 4 is 0 Å². The highest BCUT2D eigenvalue weighted by molar-refractivity contribution is 5.15. The molecule has 0 aliphatic rings. The lowest BCUT2D eigenvalue weighted by molar-refractivity contribution is 0.168. The number of aliphatic hydroxyl groups is 1. The molecule has 0 spiro atoms. The number of benzene rings is 1. The summed E-state index contributed by atoms with van der Waals surface area (Å²) in [6.07, 6.45) is 2.07. The zero-order chi connectivity index (χ0) is 13.5. The number of aliphatic hydroxyl groups excluding tert-OH is 1. The van der Waals surface area contributed by atoms with E-state index in [4.69, 9.17) is 0 Å². The summed E-state index contributed by atoms with van der Waals surface area (Å²) in [6, 6.07) is 16.0. The van der Waals surface area contributed by atoms with Crippen LogP contribution in [0, 0.1) is 0 Å². The van der Waals surface area contributed by atoms with Crippen LogP contribution in [0.5, 0.6) is 0 Å². The molecule has 1 aromatic carbocycles. The Bertz CT molecular complexity index is 473. The Balaban J connectivity index is 1.79. The fourth-order valence-electron chi connectivity index (χ4n) is 2.01. The van der Waals surface area contributed by atoms with Crippen LogP contribution in [-0.2, 0) is 6.42 Å². The van der Waals surface area contributed by atoms with E-state index < -0.39 is 0 Å². The lowest BCUT2D eigenvalue weighted by Crippen LogP contribution is -2.30.